The largest absolute Gasteiger partial charge is 0.481 e. The van der Waals surface area contributed by atoms with Gasteiger partial charge in [-0.05, 0) is 38.5 Å². The normalized spacial score (nSPS) is 20.5. The fourth-order valence-electron chi connectivity index (χ4n) is 3.03. The lowest BCUT2D eigenvalue weighted by atomic mass is 10.1. The molecule has 1 fully saturated rings. The van der Waals surface area contributed by atoms with Gasteiger partial charge in [-0.25, -0.2) is 13.1 Å². The van der Waals surface area contributed by atoms with Crippen molar-refractivity contribution >= 4 is 21.9 Å². The first kappa shape index (κ1) is 20.3. The molecule has 2 N–H and O–H groups in total. The molecule has 0 saturated carbocycles. The Morgan fingerprint density at radius 3 is 2.65 bits per heavy atom. The summed E-state index contributed by atoms with van der Waals surface area (Å²) >= 11 is 0. The molecule has 2 rings (SSSR count). The molecule has 0 spiro atoms. The maximum absolute atomic E-state index is 12.9. The predicted octanol–water partition coefficient (Wildman–Crippen LogP) is 1.08. The molecule has 8 nitrogen and oxygen atoms in total. The Bertz CT molecular complexity index is 777. The Balaban J connectivity index is 2.28. The van der Waals surface area contributed by atoms with Crippen molar-refractivity contribution in [1.29, 1.82) is 0 Å². The highest BCUT2D eigenvalue weighted by Gasteiger charge is 2.37. The van der Waals surface area contributed by atoms with Crippen molar-refractivity contribution in [3.8, 4) is 0 Å². The Labute approximate surface area is 153 Å². The zero-order valence-corrected chi connectivity index (χ0v) is 15.8. The number of nitrogens with zero attached hydrogens (tertiary/aromatic N) is 1. The number of likely N-dealkylation sites (tertiary alicyclic amines) is 1. The first-order chi connectivity index (χ1) is 12.1. The first-order valence-corrected chi connectivity index (χ1v) is 9.80. The number of methoxy groups -OCH3 is 1. The molecule has 1 amide bonds. The van der Waals surface area contributed by atoms with Crippen LogP contribution in [-0.2, 0) is 19.6 Å². The van der Waals surface area contributed by atoms with E-state index in [2.05, 4.69) is 4.72 Å². The number of carbonyl (C=O) groups is 2. The van der Waals surface area contributed by atoms with E-state index in [0.29, 0.717) is 6.42 Å². The quantitative estimate of drug-likeness (QED) is 0.727. The summed E-state index contributed by atoms with van der Waals surface area (Å²) < 4.78 is 32.4. The molecule has 0 bridgehead atoms. The van der Waals surface area contributed by atoms with Crippen LogP contribution in [-0.4, -0.2) is 62.1 Å². The molecule has 1 aromatic rings. The highest BCUT2D eigenvalue weighted by atomic mass is 32.2. The third kappa shape index (κ3) is 4.80. The predicted molar refractivity (Wildman–Crippen MR) is 94.4 cm³/mol. The van der Waals surface area contributed by atoms with Crippen LogP contribution in [0.3, 0.4) is 0 Å². The van der Waals surface area contributed by atoms with E-state index in [1.165, 1.54) is 36.3 Å². The van der Waals surface area contributed by atoms with Crippen molar-refractivity contribution in [2.75, 3.05) is 13.7 Å². The fraction of sp³-hybridized carbons (Fsp3) is 0.529. The lowest BCUT2D eigenvalue weighted by Gasteiger charge is -2.23. The van der Waals surface area contributed by atoms with Crippen LogP contribution in [0.25, 0.3) is 0 Å². The van der Waals surface area contributed by atoms with Crippen LogP contribution in [0, 0.1) is 0 Å². The molecule has 0 aromatic heterocycles. The number of ether oxygens (including phenoxy) is 1. The van der Waals surface area contributed by atoms with Crippen LogP contribution in [0.1, 0.15) is 37.0 Å². The van der Waals surface area contributed by atoms with Gasteiger partial charge in [0.25, 0.3) is 5.91 Å². The number of carboxylic acids is 1. The van der Waals surface area contributed by atoms with Gasteiger partial charge in [0.05, 0.1) is 17.4 Å². The Hall–Kier alpha value is -1.97. The fourth-order valence-corrected chi connectivity index (χ4v) is 4.33. The number of carbonyl (C=O) groups excluding carboxylic acids is 1. The maximum atomic E-state index is 12.9. The Morgan fingerprint density at radius 2 is 2.08 bits per heavy atom. The van der Waals surface area contributed by atoms with Crippen molar-refractivity contribution in [3.63, 3.8) is 0 Å². The molecule has 9 heteroatoms. The molecule has 0 radical (unpaired) electrons. The monoisotopic (exact) mass is 384 g/mol. The van der Waals surface area contributed by atoms with Gasteiger partial charge in [0.1, 0.15) is 0 Å². The van der Waals surface area contributed by atoms with E-state index in [1.807, 2.05) is 0 Å². The molecule has 1 aliphatic rings. The number of amides is 1. The lowest BCUT2D eigenvalue weighted by molar-refractivity contribution is -0.138. The molecule has 1 aromatic carbocycles. The molecule has 26 heavy (non-hydrogen) atoms. The molecule has 0 aliphatic carbocycles. The van der Waals surface area contributed by atoms with Crippen LogP contribution in [0.5, 0.6) is 0 Å². The summed E-state index contributed by atoms with van der Waals surface area (Å²) in [6.07, 6.45) is 0.0118. The van der Waals surface area contributed by atoms with Crippen molar-refractivity contribution in [2.24, 2.45) is 0 Å². The number of sulfonamides is 1. The first-order valence-electron chi connectivity index (χ1n) is 8.32. The number of hydrogen-bond acceptors (Lipinski definition) is 5. The van der Waals surface area contributed by atoms with Crippen molar-refractivity contribution < 1.29 is 27.9 Å². The zero-order valence-electron chi connectivity index (χ0n) is 15.0. The van der Waals surface area contributed by atoms with Gasteiger partial charge in [0.15, 0.2) is 0 Å². The second kappa shape index (κ2) is 8.15. The molecule has 144 valence electrons. The van der Waals surface area contributed by atoms with Gasteiger partial charge in [-0.1, -0.05) is 6.07 Å². The van der Waals surface area contributed by atoms with E-state index in [1.54, 1.807) is 13.8 Å². The number of nitrogens with one attached hydrogen (secondary N) is 1. The smallest absolute Gasteiger partial charge is 0.305 e. The minimum Gasteiger partial charge on any atom is -0.481 e. The number of aliphatic carboxylic acids is 1. The number of carboxylic acid groups (broad SMARTS) is 1. The minimum atomic E-state index is -3.73. The van der Waals surface area contributed by atoms with Crippen LogP contribution < -0.4 is 4.72 Å². The average molecular weight is 384 g/mol. The van der Waals surface area contributed by atoms with E-state index >= 15 is 0 Å². The number of rotatable bonds is 7. The van der Waals surface area contributed by atoms with Gasteiger partial charge < -0.3 is 14.7 Å². The molecular formula is C17H24N2O6S. The lowest BCUT2D eigenvalue weighted by Crippen LogP contribution is -2.37. The molecule has 1 aliphatic heterocycles. The Kier molecular flexibility index (Phi) is 6.38. The Morgan fingerprint density at radius 1 is 1.38 bits per heavy atom. The van der Waals surface area contributed by atoms with E-state index in [4.69, 9.17) is 9.84 Å². The van der Waals surface area contributed by atoms with Gasteiger partial charge in [-0.15, -0.1) is 0 Å². The topological polar surface area (TPSA) is 113 Å². The molecule has 2 atom stereocenters. The van der Waals surface area contributed by atoms with E-state index in [0.717, 1.165) is 0 Å². The molecule has 2 unspecified atom stereocenters. The number of benzene rings is 1. The third-order valence-corrected chi connectivity index (χ3v) is 5.82. The van der Waals surface area contributed by atoms with Crippen molar-refractivity contribution in [3.05, 3.63) is 29.8 Å². The molecule has 1 saturated heterocycles. The summed E-state index contributed by atoms with van der Waals surface area (Å²) in [7, 11) is -2.21. The SMILES string of the molecule is COC1CC(CC(=O)O)N(C(=O)c2cccc(S(=O)(=O)NC(C)C)c2)C1. The molecule has 1 heterocycles. The number of hydrogen-bond donors (Lipinski definition) is 2. The standard InChI is InChI=1S/C17H24N2O6S/c1-11(2)18-26(23,24)15-6-4-5-12(7-15)17(22)19-10-14(25-3)8-13(19)9-16(20)21/h4-7,11,13-14,18H,8-10H2,1-3H3,(H,20,21). The van der Waals surface area contributed by atoms with Crippen LogP contribution in [0.2, 0.25) is 0 Å². The zero-order chi connectivity index (χ0) is 19.5. The van der Waals surface area contributed by atoms with E-state index < -0.39 is 27.9 Å². The van der Waals surface area contributed by atoms with Crippen LogP contribution >= 0.6 is 0 Å². The van der Waals surface area contributed by atoms with Crippen molar-refractivity contribution in [1.82, 2.24) is 9.62 Å². The summed E-state index contributed by atoms with van der Waals surface area (Å²) in [5.74, 6) is -1.40. The van der Waals surface area contributed by atoms with Gasteiger partial charge in [0.2, 0.25) is 10.0 Å². The molecular weight excluding hydrogens is 360 g/mol. The minimum absolute atomic E-state index is 0.00526. The van der Waals surface area contributed by atoms with Crippen molar-refractivity contribution in [2.45, 2.75) is 49.8 Å². The summed E-state index contributed by atoms with van der Waals surface area (Å²) in [5.41, 5.74) is 0.198. The maximum Gasteiger partial charge on any atom is 0.305 e. The second-order valence-corrected chi connectivity index (χ2v) is 8.32. The highest BCUT2D eigenvalue weighted by Crippen LogP contribution is 2.25. The van der Waals surface area contributed by atoms with Crippen LogP contribution in [0.15, 0.2) is 29.2 Å². The average Bonchev–Trinajstić information content (AvgIpc) is 2.95. The summed E-state index contributed by atoms with van der Waals surface area (Å²) in [4.78, 5) is 25.4. The van der Waals surface area contributed by atoms with Gasteiger partial charge in [-0.2, -0.15) is 0 Å². The van der Waals surface area contributed by atoms with E-state index in [-0.39, 0.29) is 35.6 Å². The second-order valence-electron chi connectivity index (χ2n) is 6.61. The summed E-state index contributed by atoms with van der Waals surface area (Å²) in [6.45, 7) is 3.69. The van der Waals surface area contributed by atoms with E-state index in [9.17, 15) is 18.0 Å². The van der Waals surface area contributed by atoms with Gasteiger partial charge in [0, 0.05) is 31.3 Å². The van der Waals surface area contributed by atoms with Gasteiger partial charge >= 0.3 is 5.97 Å². The van der Waals surface area contributed by atoms with Crippen LogP contribution in [0.4, 0.5) is 0 Å². The highest BCUT2D eigenvalue weighted by molar-refractivity contribution is 7.89. The summed E-state index contributed by atoms with van der Waals surface area (Å²) in [5, 5.41) is 9.07. The van der Waals surface area contributed by atoms with Gasteiger partial charge in [-0.3, -0.25) is 9.59 Å². The third-order valence-electron chi connectivity index (χ3n) is 4.16. The summed E-state index contributed by atoms with van der Waals surface area (Å²) in [6, 6.07) is 4.98.